The summed E-state index contributed by atoms with van der Waals surface area (Å²) >= 11 is 0. The third-order valence-corrected chi connectivity index (χ3v) is 1.89. The van der Waals surface area contributed by atoms with Crippen molar-refractivity contribution in [3.8, 4) is 0 Å². The normalized spacial score (nSPS) is 29.3. The molecule has 1 aliphatic heterocycles. The molecule has 1 heterocycles. The van der Waals surface area contributed by atoms with Gasteiger partial charge in [0.15, 0.2) is 0 Å². The average molecular weight is 180 g/mol. The Kier molecular flexibility index (Phi) is 2.97. The number of ether oxygens (including phenoxy) is 2. The van der Waals surface area contributed by atoms with Crippen molar-refractivity contribution >= 4 is 5.97 Å². The van der Waals surface area contributed by atoms with Crippen molar-refractivity contribution in [2.24, 2.45) is 5.92 Å². The minimum Gasteiger partial charge on any atom is -0.469 e. The molecule has 2 atom stereocenters. The van der Waals surface area contributed by atoms with Gasteiger partial charge in [-0.15, -0.1) is 0 Å². The third kappa shape index (κ3) is 1.72. The first-order valence-corrected chi connectivity index (χ1v) is 3.64. The van der Waals surface area contributed by atoms with E-state index in [1.807, 2.05) is 0 Å². The molecule has 5 heteroatoms. The largest absolute Gasteiger partial charge is 0.469 e. The van der Waals surface area contributed by atoms with Crippen molar-refractivity contribution in [2.75, 3.05) is 13.7 Å². The fourth-order valence-electron chi connectivity index (χ4n) is 1.26. The molecule has 0 unspecified atom stereocenters. The molecule has 1 rings (SSSR count). The summed E-state index contributed by atoms with van der Waals surface area (Å²) in [5, 5.41) is 0. The molecular weight excluding hydrogens is 170 g/mol. The molecule has 0 aliphatic carbocycles. The van der Waals surface area contributed by atoms with Gasteiger partial charge >= 0.3 is 5.97 Å². The lowest BCUT2D eigenvalue weighted by molar-refractivity contribution is -0.150. The lowest BCUT2D eigenvalue weighted by Gasteiger charge is -2.14. The zero-order valence-corrected chi connectivity index (χ0v) is 6.63. The van der Waals surface area contributed by atoms with Crippen LogP contribution in [-0.4, -0.2) is 32.2 Å². The van der Waals surface area contributed by atoms with Crippen LogP contribution in [0.3, 0.4) is 0 Å². The van der Waals surface area contributed by atoms with Gasteiger partial charge in [0.25, 0.3) is 6.43 Å². The van der Waals surface area contributed by atoms with E-state index in [0.717, 1.165) is 0 Å². The summed E-state index contributed by atoms with van der Waals surface area (Å²) in [4.78, 5) is 10.9. The van der Waals surface area contributed by atoms with E-state index in [2.05, 4.69) is 4.74 Å². The predicted molar refractivity (Wildman–Crippen MR) is 35.9 cm³/mol. The van der Waals surface area contributed by atoms with Crippen molar-refractivity contribution < 1.29 is 23.0 Å². The van der Waals surface area contributed by atoms with E-state index in [-0.39, 0.29) is 6.61 Å². The first-order valence-electron chi connectivity index (χ1n) is 3.64. The van der Waals surface area contributed by atoms with Crippen molar-refractivity contribution in [1.82, 2.24) is 0 Å². The molecule has 1 fully saturated rings. The molecule has 0 spiro atoms. The summed E-state index contributed by atoms with van der Waals surface area (Å²) in [5.41, 5.74) is 0. The molecule has 0 bridgehead atoms. The maximum atomic E-state index is 12.2. The predicted octanol–water partition coefficient (Wildman–Crippen LogP) is 0.830. The summed E-state index contributed by atoms with van der Waals surface area (Å²) in [6, 6.07) is 0. The van der Waals surface area contributed by atoms with Crippen molar-refractivity contribution in [2.45, 2.75) is 19.0 Å². The zero-order valence-electron chi connectivity index (χ0n) is 6.63. The van der Waals surface area contributed by atoms with Gasteiger partial charge in [0.1, 0.15) is 6.10 Å². The second-order valence-corrected chi connectivity index (χ2v) is 2.59. The van der Waals surface area contributed by atoms with Crippen LogP contribution in [0.5, 0.6) is 0 Å². The van der Waals surface area contributed by atoms with E-state index in [4.69, 9.17) is 4.74 Å². The highest BCUT2D eigenvalue weighted by Crippen LogP contribution is 2.26. The van der Waals surface area contributed by atoms with Gasteiger partial charge in [0, 0.05) is 6.61 Å². The quantitative estimate of drug-likeness (QED) is 0.590. The van der Waals surface area contributed by atoms with Gasteiger partial charge in [-0.1, -0.05) is 0 Å². The topological polar surface area (TPSA) is 35.5 Å². The molecule has 0 amide bonds. The molecule has 0 N–H and O–H groups in total. The molecule has 0 radical (unpaired) electrons. The number of carbonyl (C=O) groups excluding carboxylic acids is 1. The third-order valence-electron chi connectivity index (χ3n) is 1.89. The number of hydrogen-bond acceptors (Lipinski definition) is 3. The number of hydrogen-bond donors (Lipinski definition) is 0. The highest BCUT2D eigenvalue weighted by Gasteiger charge is 2.40. The fourth-order valence-corrected chi connectivity index (χ4v) is 1.26. The van der Waals surface area contributed by atoms with Crippen LogP contribution in [0.15, 0.2) is 0 Å². The van der Waals surface area contributed by atoms with Crippen LogP contribution in [0.2, 0.25) is 0 Å². The van der Waals surface area contributed by atoms with Crippen molar-refractivity contribution in [3.05, 3.63) is 0 Å². The second kappa shape index (κ2) is 3.80. The van der Waals surface area contributed by atoms with E-state index in [9.17, 15) is 13.6 Å². The van der Waals surface area contributed by atoms with Gasteiger partial charge in [-0.05, 0) is 6.42 Å². The van der Waals surface area contributed by atoms with Gasteiger partial charge in [-0.3, -0.25) is 4.79 Å². The first-order chi connectivity index (χ1) is 5.66. The van der Waals surface area contributed by atoms with Gasteiger partial charge in [-0.25, -0.2) is 8.78 Å². The van der Waals surface area contributed by atoms with Crippen LogP contribution in [-0.2, 0) is 14.3 Å². The SMILES string of the molecule is COC(=O)[C@H]1CCO[C@@H]1C(F)F. The minimum absolute atomic E-state index is 0.203. The lowest BCUT2D eigenvalue weighted by atomic mass is 10.0. The molecule has 0 saturated carbocycles. The number of methoxy groups -OCH3 is 1. The van der Waals surface area contributed by atoms with E-state index < -0.39 is 24.4 Å². The monoisotopic (exact) mass is 180 g/mol. The summed E-state index contributed by atoms with van der Waals surface area (Å²) in [6.45, 7) is 0.203. The first kappa shape index (κ1) is 9.38. The standard InChI is InChI=1S/C7H10F2O3/c1-11-7(10)4-2-3-12-5(4)6(8)9/h4-6H,2-3H2,1H3/t4-,5-/m0/s1. The van der Waals surface area contributed by atoms with E-state index >= 15 is 0 Å². The van der Waals surface area contributed by atoms with E-state index in [1.54, 1.807) is 0 Å². The Balaban J connectivity index is 2.57. The van der Waals surface area contributed by atoms with Crippen molar-refractivity contribution in [3.63, 3.8) is 0 Å². The van der Waals surface area contributed by atoms with Crippen LogP contribution in [0.4, 0.5) is 8.78 Å². The highest BCUT2D eigenvalue weighted by molar-refractivity contribution is 5.73. The van der Waals surface area contributed by atoms with E-state index in [1.165, 1.54) is 7.11 Å². The maximum Gasteiger partial charge on any atom is 0.311 e. The molecule has 12 heavy (non-hydrogen) atoms. The number of carbonyl (C=O) groups is 1. The van der Waals surface area contributed by atoms with Crippen LogP contribution in [0.1, 0.15) is 6.42 Å². The van der Waals surface area contributed by atoms with Crippen molar-refractivity contribution in [1.29, 1.82) is 0 Å². The van der Waals surface area contributed by atoms with Crippen LogP contribution in [0.25, 0.3) is 0 Å². The highest BCUT2D eigenvalue weighted by atomic mass is 19.3. The number of esters is 1. The van der Waals surface area contributed by atoms with Crippen LogP contribution in [0, 0.1) is 5.92 Å². The summed E-state index contributed by atoms with van der Waals surface area (Å²) in [6.07, 6.45) is -3.57. The minimum atomic E-state index is -2.61. The Morgan fingerprint density at radius 2 is 2.33 bits per heavy atom. The zero-order chi connectivity index (χ0) is 9.14. The second-order valence-electron chi connectivity index (χ2n) is 2.59. The summed E-state index contributed by atoms with van der Waals surface area (Å²) in [7, 11) is 1.18. The van der Waals surface area contributed by atoms with Gasteiger partial charge < -0.3 is 9.47 Å². The molecule has 3 nitrogen and oxygen atoms in total. The van der Waals surface area contributed by atoms with Crippen LogP contribution >= 0.6 is 0 Å². The molecular formula is C7H10F2O3. The molecule has 1 aliphatic rings. The Morgan fingerprint density at radius 3 is 2.83 bits per heavy atom. The summed E-state index contributed by atoms with van der Waals surface area (Å²) < 4.78 is 33.4. The van der Waals surface area contributed by atoms with Gasteiger partial charge in [-0.2, -0.15) is 0 Å². The lowest BCUT2D eigenvalue weighted by Crippen LogP contribution is -2.31. The molecule has 70 valence electrons. The van der Waals surface area contributed by atoms with E-state index in [0.29, 0.717) is 6.42 Å². The Morgan fingerprint density at radius 1 is 1.67 bits per heavy atom. The number of alkyl halides is 2. The molecule has 0 aromatic rings. The number of rotatable bonds is 2. The van der Waals surface area contributed by atoms with Gasteiger partial charge in [0.05, 0.1) is 13.0 Å². The maximum absolute atomic E-state index is 12.2. The van der Waals surface area contributed by atoms with Gasteiger partial charge in [0.2, 0.25) is 0 Å². The smallest absolute Gasteiger partial charge is 0.311 e. The fraction of sp³-hybridized carbons (Fsp3) is 0.857. The number of halogens is 2. The average Bonchev–Trinajstić information content (AvgIpc) is 2.50. The molecule has 1 saturated heterocycles. The molecule has 0 aromatic carbocycles. The van der Waals surface area contributed by atoms with Crippen LogP contribution < -0.4 is 0 Å². The Bertz CT molecular complexity index is 172. The Labute approximate surface area is 68.6 Å². The Hall–Kier alpha value is -0.710. The summed E-state index contributed by atoms with van der Waals surface area (Å²) in [5.74, 6) is -1.41. The molecule has 0 aromatic heterocycles.